The number of hydrogen-bond donors (Lipinski definition) is 1. The Balaban J connectivity index is 2.66. The molecule has 0 aliphatic rings. The first-order valence-electron chi connectivity index (χ1n) is 5.60. The number of thiazole rings is 1. The molecule has 0 amide bonds. The summed E-state index contributed by atoms with van der Waals surface area (Å²) in [5.41, 5.74) is 2.94. The van der Waals surface area contributed by atoms with Crippen molar-refractivity contribution in [2.24, 2.45) is 0 Å². The molecule has 1 rings (SSSR count). The number of aromatic nitrogens is 1. The first kappa shape index (κ1) is 13.9. The van der Waals surface area contributed by atoms with E-state index in [1.54, 1.807) is 17.4 Å². The van der Waals surface area contributed by atoms with Gasteiger partial charge in [-0.3, -0.25) is 0 Å². The van der Waals surface area contributed by atoms with E-state index in [9.17, 15) is 5.11 Å². The number of aryl methyl sites for hydroxylation is 1. The van der Waals surface area contributed by atoms with E-state index in [4.69, 9.17) is 0 Å². The van der Waals surface area contributed by atoms with Gasteiger partial charge in [-0.15, -0.1) is 11.3 Å². The van der Waals surface area contributed by atoms with Crippen molar-refractivity contribution in [3.8, 4) is 0 Å². The van der Waals surface area contributed by atoms with E-state index >= 15 is 0 Å². The SMILES string of the molecule is C=C/C(C)=C\C[C@H](O)/C(C)=C/c1csc(C)n1. The maximum Gasteiger partial charge on any atom is 0.0901 e. The number of hydrogen-bond acceptors (Lipinski definition) is 3. The maximum absolute atomic E-state index is 9.96. The molecule has 1 atom stereocenters. The normalized spacial score (nSPS) is 14.8. The van der Waals surface area contributed by atoms with Crippen LogP contribution in [0.5, 0.6) is 0 Å². The number of aliphatic hydroxyl groups excluding tert-OH is 1. The smallest absolute Gasteiger partial charge is 0.0901 e. The van der Waals surface area contributed by atoms with Gasteiger partial charge in [0.25, 0.3) is 0 Å². The highest BCUT2D eigenvalue weighted by Crippen LogP contribution is 2.15. The van der Waals surface area contributed by atoms with Crippen LogP contribution in [0, 0.1) is 6.92 Å². The van der Waals surface area contributed by atoms with E-state index in [0.29, 0.717) is 6.42 Å². The van der Waals surface area contributed by atoms with Crippen molar-refractivity contribution >= 4 is 17.4 Å². The molecule has 0 saturated heterocycles. The van der Waals surface area contributed by atoms with Gasteiger partial charge >= 0.3 is 0 Å². The van der Waals surface area contributed by atoms with Gasteiger partial charge < -0.3 is 5.11 Å². The second kappa shape index (κ2) is 6.52. The standard InChI is InChI=1S/C14H19NOS/c1-5-10(2)6-7-14(16)11(3)8-13-9-17-12(4)15-13/h5-6,8-9,14,16H,1,7H2,2-4H3/b10-6-,11-8+/t14-/m0/s1. The van der Waals surface area contributed by atoms with E-state index in [-0.39, 0.29) is 0 Å². The molecule has 0 bridgehead atoms. The second-order valence-electron chi connectivity index (χ2n) is 4.08. The molecule has 2 nitrogen and oxygen atoms in total. The van der Waals surface area contributed by atoms with Crippen LogP contribution in [0.3, 0.4) is 0 Å². The fourth-order valence-corrected chi connectivity index (χ4v) is 1.91. The summed E-state index contributed by atoms with van der Waals surface area (Å²) in [6.45, 7) is 9.56. The average molecular weight is 249 g/mol. The lowest BCUT2D eigenvalue weighted by Crippen LogP contribution is -2.06. The fraction of sp³-hybridized carbons (Fsp3) is 0.357. The molecule has 0 spiro atoms. The molecule has 0 radical (unpaired) electrons. The van der Waals surface area contributed by atoms with E-state index in [1.807, 2.05) is 38.3 Å². The molecule has 0 unspecified atom stereocenters. The van der Waals surface area contributed by atoms with Crippen molar-refractivity contribution in [3.05, 3.63) is 46.0 Å². The Bertz CT molecular complexity index is 443. The number of rotatable bonds is 5. The van der Waals surface area contributed by atoms with Gasteiger partial charge in [0, 0.05) is 5.38 Å². The number of allylic oxidation sites excluding steroid dienone is 2. The first-order valence-corrected chi connectivity index (χ1v) is 6.48. The largest absolute Gasteiger partial charge is 0.388 e. The molecule has 0 saturated carbocycles. The van der Waals surface area contributed by atoms with E-state index in [1.165, 1.54) is 0 Å². The summed E-state index contributed by atoms with van der Waals surface area (Å²) in [5.74, 6) is 0. The lowest BCUT2D eigenvalue weighted by molar-refractivity contribution is 0.215. The summed E-state index contributed by atoms with van der Waals surface area (Å²) in [7, 11) is 0. The molecule has 3 heteroatoms. The maximum atomic E-state index is 9.96. The Morgan fingerprint density at radius 1 is 1.59 bits per heavy atom. The molecule has 0 fully saturated rings. The summed E-state index contributed by atoms with van der Waals surface area (Å²) in [6.07, 6.45) is 5.87. The lowest BCUT2D eigenvalue weighted by Gasteiger charge is -2.08. The minimum absolute atomic E-state index is 0.452. The molecular formula is C14H19NOS. The van der Waals surface area contributed by atoms with Crippen LogP contribution in [0.1, 0.15) is 31.0 Å². The van der Waals surface area contributed by atoms with Crippen LogP contribution in [-0.4, -0.2) is 16.2 Å². The molecule has 92 valence electrons. The third kappa shape index (κ3) is 4.67. The highest BCUT2D eigenvalue weighted by molar-refractivity contribution is 7.09. The minimum atomic E-state index is -0.452. The van der Waals surface area contributed by atoms with E-state index in [2.05, 4.69) is 11.6 Å². The summed E-state index contributed by atoms with van der Waals surface area (Å²) in [4.78, 5) is 4.34. The molecule has 0 aliphatic heterocycles. The van der Waals surface area contributed by atoms with Crippen molar-refractivity contribution in [2.45, 2.75) is 33.3 Å². The van der Waals surface area contributed by atoms with Gasteiger partial charge in [0.15, 0.2) is 0 Å². The number of aliphatic hydroxyl groups is 1. The van der Waals surface area contributed by atoms with Gasteiger partial charge in [0.05, 0.1) is 16.8 Å². The van der Waals surface area contributed by atoms with Crippen LogP contribution < -0.4 is 0 Å². The highest BCUT2D eigenvalue weighted by Gasteiger charge is 2.05. The molecule has 0 aliphatic carbocycles. The predicted molar refractivity (Wildman–Crippen MR) is 75.1 cm³/mol. The van der Waals surface area contributed by atoms with Crippen molar-refractivity contribution in [1.29, 1.82) is 0 Å². The van der Waals surface area contributed by atoms with Gasteiger partial charge in [-0.25, -0.2) is 4.98 Å². The van der Waals surface area contributed by atoms with Gasteiger partial charge in [-0.05, 0) is 38.8 Å². The predicted octanol–water partition coefficient (Wildman–Crippen LogP) is 3.74. The van der Waals surface area contributed by atoms with E-state index < -0.39 is 6.10 Å². The molecule has 0 aromatic carbocycles. The van der Waals surface area contributed by atoms with Gasteiger partial charge in [0.1, 0.15) is 0 Å². The quantitative estimate of drug-likeness (QED) is 0.806. The molecule has 1 N–H and O–H groups in total. The van der Waals surface area contributed by atoms with Crippen LogP contribution in [0.25, 0.3) is 6.08 Å². The van der Waals surface area contributed by atoms with E-state index in [0.717, 1.165) is 21.8 Å². The Hall–Kier alpha value is -1.19. The Kier molecular flexibility index (Phi) is 5.32. The van der Waals surface area contributed by atoms with Crippen LogP contribution in [-0.2, 0) is 0 Å². The molecular weight excluding hydrogens is 230 g/mol. The van der Waals surface area contributed by atoms with Gasteiger partial charge in [-0.2, -0.15) is 0 Å². The summed E-state index contributed by atoms with van der Waals surface area (Å²) in [5, 5.41) is 13.0. The van der Waals surface area contributed by atoms with Gasteiger partial charge in [-0.1, -0.05) is 24.3 Å². The lowest BCUT2D eigenvalue weighted by atomic mass is 10.1. The summed E-state index contributed by atoms with van der Waals surface area (Å²) >= 11 is 1.62. The monoisotopic (exact) mass is 249 g/mol. The molecule has 1 aromatic rings. The summed E-state index contributed by atoms with van der Waals surface area (Å²) in [6, 6.07) is 0. The van der Waals surface area contributed by atoms with Crippen molar-refractivity contribution in [1.82, 2.24) is 4.98 Å². The molecule has 17 heavy (non-hydrogen) atoms. The number of nitrogens with zero attached hydrogens (tertiary/aromatic N) is 1. The highest BCUT2D eigenvalue weighted by atomic mass is 32.1. The van der Waals surface area contributed by atoms with Crippen LogP contribution >= 0.6 is 11.3 Å². The molecule has 1 aromatic heterocycles. The third-order valence-electron chi connectivity index (χ3n) is 2.52. The van der Waals surface area contributed by atoms with Crippen LogP contribution in [0.2, 0.25) is 0 Å². The Morgan fingerprint density at radius 2 is 2.29 bits per heavy atom. The van der Waals surface area contributed by atoms with Crippen molar-refractivity contribution in [2.75, 3.05) is 0 Å². The first-order chi connectivity index (χ1) is 8.02. The van der Waals surface area contributed by atoms with Crippen molar-refractivity contribution < 1.29 is 5.11 Å². The summed E-state index contributed by atoms with van der Waals surface area (Å²) < 4.78 is 0. The van der Waals surface area contributed by atoms with Crippen LogP contribution in [0.15, 0.2) is 35.3 Å². The second-order valence-corrected chi connectivity index (χ2v) is 5.15. The Labute approximate surface area is 107 Å². The molecule has 1 heterocycles. The fourth-order valence-electron chi connectivity index (χ4n) is 1.34. The zero-order valence-electron chi connectivity index (χ0n) is 10.6. The zero-order valence-corrected chi connectivity index (χ0v) is 11.4. The van der Waals surface area contributed by atoms with Gasteiger partial charge in [0.2, 0.25) is 0 Å². The topological polar surface area (TPSA) is 33.1 Å². The third-order valence-corrected chi connectivity index (χ3v) is 3.31. The zero-order chi connectivity index (χ0) is 12.8. The van der Waals surface area contributed by atoms with Crippen LogP contribution in [0.4, 0.5) is 0 Å². The van der Waals surface area contributed by atoms with Crippen molar-refractivity contribution in [3.63, 3.8) is 0 Å². The average Bonchev–Trinajstić information content (AvgIpc) is 2.70. The minimum Gasteiger partial charge on any atom is -0.388 e. The Morgan fingerprint density at radius 3 is 2.82 bits per heavy atom.